The van der Waals surface area contributed by atoms with Crippen LogP contribution >= 0.6 is 0 Å². The Labute approximate surface area is 93.7 Å². The van der Waals surface area contributed by atoms with E-state index in [2.05, 4.69) is 4.98 Å². The molecule has 80 valence electrons. The van der Waals surface area contributed by atoms with Crippen LogP contribution in [-0.2, 0) is 0 Å². The lowest BCUT2D eigenvalue weighted by Gasteiger charge is -2.05. The number of hydrogen-bond acceptors (Lipinski definition) is 3. The molecule has 0 unspecified atom stereocenters. The number of aromatic nitrogens is 1. The number of carbonyl (C=O) groups excluding carboxylic acids is 1. The van der Waals surface area contributed by atoms with Crippen LogP contribution in [0.5, 0.6) is 5.75 Å². The molecule has 0 aliphatic carbocycles. The number of benzene rings is 1. The van der Waals surface area contributed by atoms with E-state index in [1.807, 2.05) is 30.3 Å². The maximum Gasteiger partial charge on any atom is 0.155 e. The van der Waals surface area contributed by atoms with E-state index in [1.165, 1.54) is 13.3 Å². The normalized spacial score (nSPS) is 9.81. The minimum absolute atomic E-state index is 0.460. The zero-order valence-electron chi connectivity index (χ0n) is 8.88. The molecule has 2 rings (SSSR count). The van der Waals surface area contributed by atoms with E-state index >= 15 is 0 Å². The van der Waals surface area contributed by atoms with E-state index in [0.717, 1.165) is 17.5 Å². The molecule has 0 amide bonds. The van der Waals surface area contributed by atoms with Crippen LogP contribution in [0.3, 0.4) is 0 Å². The molecule has 0 aliphatic rings. The number of pyridine rings is 1. The maximum atomic E-state index is 10.7. The first-order valence-electron chi connectivity index (χ1n) is 4.90. The molecule has 1 heterocycles. The molecule has 3 heteroatoms. The highest BCUT2D eigenvalue weighted by atomic mass is 16.5. The summed E-state index contributed by atoms with van der Waals surface area (Å²) in [7, 11) is 1.54. The summed E-state index contributed by atoms with van der Waals surface area (Å²) in [4.78, 5) is 14.9. The van der Waals surface area contributed by atoms with Crippen molar-refractivity contribution in [2.75, 3.05) is 7.11 Å². The van der Waals surface area contributed by atoms with Gasteiger partial charge in [0.15, 0.2) is 6.29 Å². The summed E-state index contributed by atoms with van der Waals surface area (Å²) in [6.07, 6.45) is 2.26. The van der Waals surface area contributed by atoms with E-state index in [4.69, 9.17) is 4.74 Å². The first kappa shape index (κ1) is 10.4. The summed E-state index contributed by atoms with van der Waals surface area (Å²) in [5.74, 6) is 0.545. The van der Waals surface area contributed by atoms with Crippen molar-refractivity contribution in [1.29, 1.82) is 0 Å². The van der Waals surface area contributed by atoms with Crippen molar-refractivity contribution in [3.05, 3.63) is 48.2 Å². The lowest BCUT2D eigenvalue weighted by atomic mass is 10.1. The minimum atomic E-state index is 0.460. The van der Waals surface area contributed by atoms with Crippen LogP contribution in [-0.4, -0.2) is 18.4 Å². The summed E-state index contributed by atoms with van der Waals surface area (Å²) >= 11 is 0. The molecule has 0 aliphatic heterocycles. The molecule has 0 atom stereocenters. The van der Waals surface area contributed by atoms with Crippen molar-refractivity contribution in [3.63, 3.8) is 0 Å². The smallest absolute Gasteiger partial charge is 0.155 e. The Morgan fingerprint density at radius 2 is 2.00 bits per heavy atom. The lowest BCUT2D eigenvalue weighted by molar-refractivity contribution is 0.112. The maximum absolute atomic E-state index is 10.7. The molecule has 0 bridgehead atoms. The van der Waals surface area contributed by atoms with Gasteiger partial charge in [-0.3, -0.25) is 9.78 Å². The number of methoxy groups -OCH3 is 1. The van der Waals surface area contributed by atoms with Crippen LogP contribution in [0.4, 0.5) is 0 Å². The zero-order chi connectivity index (χ0) is 11.4. The predicted molar refractivity (Wildman–Crippen MR) is 61.6 cm³/mol. The molecular weight excluding hydrogens is 202 g/mol. The Balaban J connectivity index is 2.48. The van der Waals surface area contributed by atoms with Crippen molar-refractivity contribution in [2.45, 2.75) is 0 Å². The summed E-state index contributed by atoms with van der Waals surface area (Å²) in [5.41, 5.74) is 2.25. The van der Waals surface area contributed by atoms with Crippen molar-refractivity contribution in [2.24, 2.45) is 0 Å². The number of nitrogens with zero attached hydrogens (tertiary/aromatic N) is 1. The van der Waals surface area contributed by atoms with Gasteiger partial charge in [-0.05, 0) is 0 Å². The van der Waals surface area contributed by atoms with Crippen LogP contribution in [0.2, 0.25) is 0 Å². The number of hydrogen-bond donors (Lipinski definition) is 0. The van der Waals surface area contributed by atoms with E-state index in [1.54, 1.807) is 6.07 Å². The van der Waals surface area contributed by atoms with Gasteiger partial charge in [-0.2, -0.15) is 0 Å². The Hall–Kier alpha value is -2.16. The summed E-state index contributed by atoms with van der Waals surface area (Å²) in [5, 5.41) is 0. The first-order chi connectivity index (χ1) is 7.85. The van der Waals surface area contributed by atoms with Crippen LogP contribution in [0.25, 0.3) is 11.3 Å². The molecule has 0 N–H and O–H groups in total. The molecule has 0 saturated heterocycles. The van der Waals surface area contributed by atoms with Crippen molar-refractivity contribution >= 4 is 6.29 Å². The van der Waals surface area contributed by atoms with Gasteiger partial charge in [-0.15, -0.1) is 0 Å². The van der Waals surface area contributed by atoms with Gasteiger partial charge >= 0.3 is 0 Å². The Bertz CT molecular complexity index is 495. The monoisotopic (exact) mass is 213 g/mol. The molecule has 0 spiro atoms. The van der Waals surface area contributed by atoms with Gasteiger partial charge in [-0.25, -0.2) is 0 Å². The lowest BCUT2D eigenvalue weighted by Crippen LogP contribution is -1.93. The Morgan fingerprint density at radius 3 is 2.62 bits per heavy atom. The Kier molecular flexibility index (Phi) is 2.96. The molecule has 2 aromatic rings. The molecular formula is C13H11NO2. The highest BCUT2D eigenvalue weighted by Gasteiger charge is 2.05. The fraction of sp³-hybridized carbons (Fsp3) is 0.0769. The van der Waals surface area contributed by atoms with Crippen LogP contribution in [0, 0.1) is 0 Å². The molecule has 1 aromatic heterocycles. The molecule has 0 fully saturated rings. The average molecular weight is 213 g/mol. The van der Waals surface area contributed by atoms with Gasteiger partial charge in [0.05, 0.1) is 18.4 Å². The molecule has 3 nitrogen and oxygen atoms in total. The highest BCUT2D eigenvalue weighted by Crippen LogP contribution is 2.23. The summed E-state index contributed by atoms with van der Waals surface area (Å²) < 4.78 is 5.13. The van der Waals surface area contributed by atoms with E-state index in [0.29, 0.717) is 11.3 Å². The SMILES string of the molecule is COc1cc(-c2ccccc2)ncc1C=O. The zero-order valence-corrected chi connectivity index (χ0v) is 8.88. The standard InChI is InChI=1S/C13H11NO2/c1-16-13-7-12(14-8-11(13)9-15)10-5-3-2-4-6-10/h2-9H,1H3. The first-order valence-corrected chi connectivity index (χ1v) is 4.90. The molecule has 0 saturated carbocycles. The topological polar surface area (TPSA) is 39.2 Å². The Morgan fingerprint density at radius 1 is 1.25 bits per heavy atom. The van der Waals surface area contributed by atoms with Gasteiger partial charge in [0.1, 0.15) is 5.75 Å². The van der Waals surface area contributed by atoms with Gasteiger partial charge in [0.2, 0.25) is 0 Å². The third-order valence-electron chi connectivity index (χ3n) is 2.31. The van der Waals surface area contributed by atoms with Gasteiger partial charge in [0, 0.05) is 17.8 Å². The third kappa shape index (κ3) is 1.93. The minimum Gasteiger partial charge on any atom is -0.496 e. The fourth-order valence-corrected chi connectivity index (χ4v) is 1.48. The second kappa shape index (κ2) is 4.57. The largest absolute Gasteiger partial charge is 0.496 e. The van der Waals surface area contributed by atoms with Crippen molar-refractivity contribution in [3.8, 4) is 17.0 Å². The van der Waals surface area contributed by atoms with E-state index in [-0.39, 0.29) is 0 Å². The fourth-order valence-electron chi connectivity index (χ4n) is 1.48. The second-order valence-electron chi connectivity index (χ2n) is 3.30. The van der Waals surface area contributed by atoms with Crippen molar-refractivity contribution in [1.82, 2.24) is 4.98 Å². The number of ether oxygens (including phenoxy) is 1. The number of rotatable bonds is 3. The predicted octanol–water partition coefficient (Wildman–Crippen LogP) is 2.57. The quantitative estimate of drug-likeness (QED) is 0.735. The number of carbonyl (C=O) groups is 1. The van der Waals surface area contributed by atoms with E-state index in [9.17, 15) is 4.79 Å². The van der Waals surface area contributed by atoms with Crippen LogP contribution < -0.4 is 4.74 Å². The summed E-state index contributed by atoms with van der Waals surface area (Å²) in [6, 6.07) is 11.5. The van der Waals surface area contributed by atoms with Gasteiger partial charge < -0.3 is 4.74 Å². The van der Waals surface area contributed by atoms with Gasteiger partial charge in [0.25, 0.3) is 0 Å². The van der Waals surface area contributed by atoms with E-state index < -0.39 is 0 Å². The second-order valence-corrected chi connectivity index (χ2v) is 3.30. The molecule has 1 aromatic carbocycles. The van der Waals surface area contributed by atoms with Gasteiger partial charge in [-0.1, -0.05) is 30.3 Å². The molecule has 0 radical (unpaired) electrons. The van der Waals surface area contributed by atoms with Crippen molar-refractivity contribution < 1.29 is 9.53 Å². The van der Waals surface area contributed by atoms with Crippen LogP contribution in [0.15, 0.2) is 42.6 Å². The third-order valence-corrected chi connectivity index (χ3v) is 2.31. The summed E-state index contributed by atoms with van der Waals surface area (Å²) in [6.45, 7) is 0. The average Bonchev–Trinajstić information content (AvgIpc) is 2.39. The molecule has 16 heavy (non-hydrogen) atoms. The number of aldehydes is 1. The highest BCUT2D eigenvalue weighted by molar-refractivity contribution is 5.80. The van der Waals surface area contributed by atoms with Crippen LogP contribution in [0.1, 0.15) is 10.4 Å².